The van der Waals surface area contributed by atoms with Crippen molar-refractivity contribution in [1.29, 1.82) is 10.5 Å². The fourth-order valence-corrected chi connectivity index (χ4v) is 11.7. The number of carbonyl (C=O) groups excluding carboxylic acids is 5. The molecule has 0 bridgehead atoms. The van der Waals surface area contributed by atoms with Gasteiger partial charge in [-0.3, -0.25) is 28.9 Å². The van der Waals surface area contributed by atoms with Gasteiger partial charge in [-0.2, -0.15) is 10.5 Å². The van der Waals surface area contributed by atoms with E-state index in [4.69, 9.17) is 9.47 Å². The highest BCUT2D eigenvalue weighted by atomic mass is 16.6. The van der Waals surface area contributed by atoms with Crippen LogP contribution in [0.1, 0.15) is 85.8 Å². The zero-order valence-corrected chi connectivity index (χ0v) is 37.5. The van der Waals surface area contributed by atoms with Crippen LogP contribution in [0.3, 0.4) is 0 Å². The Morgan fingerprint density at radius 3 is 2.56 bits per heavy atom. The Bertz CT molecular complexity index is 2550. The summed E-state index contributed by atoms with van der Waals surface area (Å²) in [5.41, 5.74) is 0.0441. The summed E-state index contributed by atoms with van der Waals surface area (Å²) in [6.45, 7) is 2.47. The number of hydrogen-bond acceptors (Lipinski definition) is 11. The van der Waals surface area contributed by atoms with Crippen LogP contribution in [0.4, 0.5) is 4.79 Å². The number of rotatable bonds is 13. The number of ether oxygens (including phenoxy) is 2. The third-order valence-corrected chi connectivity index (χ3v) is 15.4. The van der Waals surface area contributed by atoms with Crippen molar-refractivity contribution in [3.05, 3.63) is 63.7 Å². The number of benzene rings is 1. The Morgan fingerprint density at radius 1 is 1.02 bits per heavy atom. The Hall–Kier alpha value is -6.40. The summed E-state index contributed by atoms with van der Waals surface area (Å²) in [5, 5.41) is 32.7. The van der Waals surface area contributed by atoms with E-state index in [9.17, 15) is 39.3 Å². The van der Waals surface area contributed by atoms with Crippen molar-refractivity contribution in [3.8, 4) is 17.9 Å². The molecule has 1 spiro atoms. The van der Waals surface area contributed by atoms with Crippen molar-refractivity contribution in [2.75, 3.05) is 40.3 Å². The fourth-order valence-electron chi connectivity index (χ4n) is 11.7. The maximum absolute atomic E-state index is 14.4. The first kappa shape index (κ1) is 44.8. The van der Waals surface area contributed by atoms with Crippen LogP contribution in [0.5, 0.6) is 5.75 Å². The van der Waals surface area contributed by atoms with Crippen LogP contribution < -0.4 is 31.6 Å². The predicted molar refractivity (Wildman–Crippen MR) is 238 cm³/mol. The van der Waals surface area contributed by atoms with Crippen LogP contribution in [0.2, 0.25) is 0 Å². The molecule has 348 valence electrons. The molecule has 6 unspecified atom stereocenters. The quantitative estimate of drug-likeness (QED) is 0.145. The number of hydrogen-bond donors (Lipinski definition) is 6. The molecule has 9 rings (SSSR count). The van der Waals surface area contributed by atoms with Crippen molar-refractivity contribution in [3.63, 3.8) is 0 Å². The minimum Gasteiger partial charge on any atom is -0.496 e. The average Bonchev–Trinajstić information content (AvgIpc) is 3.85. The van der Waals surface area contributed by atoms with Crippen molar-refractivity contribution in [1.82, 2.24) is 41.0 Å². The normalized spacial score (nSPS) is 29.1. The van der Waals surface area contributed by atoms with Crippen molar-refractivity contribution < 1.29 is 33.4 Å². The molecule has 3 aliphatic carbocycles. The van der Waals surface area contributed by atoms with E-state index >= 15 is 0 Å². The Morgan fingerprint density at radius 2 is 1.83 bits per heavy atom. The maximum Gasteiger partial charge on any atom is 0.410 e. The fraction of sp³-hybridized carbons (Fsp3) is 0.583. The molecule has 6 N–H and O–H groups in total. The van der Waals surface area contributed by atoms with E-state index in [0.717, 1.165) is 38.8 Å². The molecule has 66 heavy (non-hydrogen) atoms. The summed E-state index contributed by atoms with van der Waals surface area (Å²) in [7, 11) is 3.58. The lowest BCUT2D eigenvalue weighted by molar-refractivity contribution is -0.127. The second-order valence-corrected chi connectivity index (χ2v) is 19.8. The molecule has 9 atom stereocenters. The number of carbonyl (C=O) groups is 5. The lowest BCUT2D eigenvalue weighted by atomic mass is 9.82. The van der Waals surface area contributed by atoms with Gasteiger partial charge in [0.1, 0.15) is 41.2 Å². The molecular weight excluding hydrogens is 845 g/mol. The van der Waals surface area contributed by atoms with E-state index in [1.807, 2.05) is 19.2 Å². The van der Waals surface area contributed by atoms with Crippen LogP contribution >= 0.6 is 0 Å². The lowest BCUT2D eigenvalue weighted by Gasteiger charge is -2.31. The summed E-state index contributed by atoms with van der Waals surface area (Å²) in [4.78, 5) is 91.0. The molecule has 5 amide bonds. The van der Waals surface area contributed by atoms with E-state index in [-0.39, 0.29) is 71.6 Å². The van der Waals surface area contributed by atoms with E-state index in [2.05, 4.69) is 48.3 Å². The number of methoxy groups -OCH3 is 1. The number of nitriles is 2. The van der Waals surface area contributed by atoms with Gasteiger partial charge in [0.25, 0.3) is 11.5 Å². The summed E-state index contributed by atoms with van der Waals surface area (Å²) < 4.78 is 11.6. The van der Waals surface area contributed by atoms with Crippen LogP contribution in [0.25, 0.3) is 10.9 Å². The minimum atomic E-state index is -1.37. The molecular formula is C48H58N10O8. The molecule has 5 heterocycles. The molecule has 5 fully saturated rings. The number of fused-ring (bicyclic) bond motifs is 2. The molecule has 18 nitrogen and oxygen atoms in total. The number of likely N-dealkylation sites (tertiary alicyclic amines) is 2. The second-order valence-electron chi connectivity index (χ2n) is 19.8. The number of nitrogens with one attached hydrogen (secondary N) is 6. The second kappa shape index (κ2) is 18.1. The van der Waals surface area contributed by atoms with Gasteiger partial charge in [-0.1, -0.05) is 6.07 Å². The first-order chi connectivity index (χ1) is 31.8. The van der Waals surface area contributed by atoms with Crippen molar-refractivity contribution in [2.45, 2.75) is 107 Å². The smallest absolute Gasteiger partial charge is 0.410 e. The molecule has 3 saturated heterocycles. The first-order valence-electron chi connectivity index (χ1n) is 23.3. The number of nitrogens with zero attached hydrogens (tertiary/aromatic N) is 4. The van der Waals surface area contributed by atoms with Gasteiger partial charge in [-0.25, -0.2) is 4.79 Å². The van der Waals surface area contributed by atoms with E-state index < -0.39 is 47.5 Å². The van der Waals surface area contributed by atoms with Crippen LogP contribution in [0, 0.1) is 51.7 Å². The monoisotopic (exact) mass is 902 g/mol. The van der Waals surface area contributed by atoms with E-state index in [1.165, 1.54) is 6.20 Å². The van der Waals surface area contributed by atoms with Gasteiger partial charge < -0.3 is 45.6 Å². The molecule has 6 aliphatic rings. The molecule has 3 aliphatic heterocycles. The zero-order valence-electron chi connectivity index (χ0n) is 37.5. The van der Waals surface area contributed by atoms with Gasteiger partial charge in [-0.15, -0.1) is 0 Å². The molecule has 2 saturated carbocycles. The van der Waals surface area contributed by atoms with Gasteiger partial charge in [0.15, 0.2) is 0 Å². The molecule has 2 aromatic heterocycles. The summed E-state index contributed by atoms with van der Waals surface area (Å²) >= 11 is 0. The zero-order chi connectivity index (χ0) is 46.3. The Kier molecular flexibility index (Phi) is 12.3. The van der Waals surface area contributed by atoms with Gasteiger partial charge >= 0.3 is 6.09 Å². The lowest BCUT2D eigenvalue weighted by Crippen LogP contribution is -2.56. The summed E-state index contributed by atoms with van der Waals surface area (Å²) in [6, 6.07) is 10.5. The average molecular weight is 903 g/mol. The Balaban J connectivity index is 0.899. The third kappa shape index (κ3) is 9.07. The number of aromatic amines is 2. The van der Waals surface area contributed by atoms with Gasteiger partial charge in [-0.05, 0) is 124 Å². The number of piperidine rings is 1. The van der Waals surface area contributed by atoms with Crippen LogP contribution in [-0.4, -0.2) is 120 Å². The largest absolute Gasteiger partial charge is 0.496 e. The Labute approximate surface area is 382 Å². The molecule has 3 aromatic rings. The van der Waals surface area contributed by atoms with E-state index in [1.54, 1.807) is 30.2 Å². The van der Waals surface area contributed by atoms with Crippen LogP contribution in [-0.2, 0) is 32.0 Å². The highest BCUT2D eigenvalue weighted by Gasteiger charge is 2.57. The van der Waals surface area contributed by atoms with E-state index in [0.29, 0.717) is 73.0 Å². The molecule has 18 heteroatoms. The maximum atomic E-state index is 14.4. The number of pyridine rings is 1. The molecule has 0 radical (unpaired) electrons. The van der Waals surface area contributed by atoms with Gasteiger partial charge in [0, 0.05) is 67.6 Å². The summed E-state index contributed by atoms with van der Waals surface area (Å²) in [5.74, 6) is -0.803. The first-order valence-corrected chi connectivity index (χ1v) is 23.3. The van der Waals surface area contributed by atoms with Crippen molar-refractivity contribution in [2.24, 2.45) is 29.1 Å². The standard InChI is InChI=1S/C48H58N10O8/c1-57-14-9-32(10-15-57)66-46(64)58-26-47(23-39(58)45(63)53-31(24-49)16-27-7-12-51-41(27)59)11-6-28(20-47)33-17-30(33)18-37(55-43(61)38-19-34-36(54-38)4-3-5-40(34)65-2)44(62)56-48(25-50)21-29-8-13-52-42(60)35(29)22-48/h3-5,8,13,19,27-28,30-33,37,39,54H,6-7,9-12,14-18,20-23,26H2,1-2H3,(H,51,59)(H,52,60)(H,53,63)(H,55,61)(H,56,62)/t27-,28?,30?,31-,33?,37?,39-,47?,48?/m0/s1. The number of amides is 5. The third-order valence-electron chi connectivity index (χ3n) is 15.4. The number of aromatic nitrogens is 2. The highest BCUT2D eigenvalue weighted by Crippen LogP contribution is 2.59. The number of H-pyrrole nitrogens is 2. The van der Waals surface area contributed by atoms with Crippen molar-refractivity contribution >= 4 is 40.6 Å². The van der Waals surface area contributed by atoms with Crippen LogP contribution in [0.15, 0.2) is 41.3 Å². The topological polar surface area (TPSA) is 255 Å². The van der Waals surface area contributed by atoms with Gasteiger partial charge in [0.05, 0.1) is 19.2 Å². The SMILES string of the molecule is COc1cccc2[nH]c(C(=O)NC(CC3CC3C3CCC4(C3)C[C@@H](C(=O)N[C@H](C#N)C[C@@H]3CCNC3=O)N(C(=O)OC3CCN(C)CC3)C4)C(=O)NC3(C#N)Cc4cc[nH]c(=O)c4C3)cc12. The van der Waals surface area contributed by atoms with Gasteiger partial charge in [0.2, 0.25) is 17.7 Å². The minimum absolute atomic E-state index is 0.0376. The predicted octanol–water partition coefficient (Wildman–Crippen LogP) is 2.79. The molecule has 1 aromatic carbocycles. The summed E-state index contributed by atoms with van der Waals surface area (Å²) in [6.07, 6.45) is 7.05. The highest BCUT2D eigenvalue weighted by molar-refractivity contribution is 6.01.